The topological polar surface area (TPSA) is 113 Å². The lowest BCUT2D eigenvalue weighted by molar-refractivity contribution is 0.580. The average Bonchev–Trinajstić information content (AvgIpc) is 3.14. The second-order valence-electron chi connectivity index (χ2n) is 6.83. The largest absolute Gasteiger partial charge is 0.357 e. The molecule has 0 bridgehead atoms. The Bertz CT molecular complexity index is 1140. The molecule has 3 N–H and O–H groups in total. The molecule has 0 fully saturated rings. The van der Waals surface area contributed by atoms with E-state index in [9.17, 15) is 8.42 Å². The monoisotopic (exact) mass is 429 g/mol. The van der Waals surface area contributed by atoms with E-state index in [2.05, 4.69) is 30.5 Å². The van der Waals surface area contributed by atoms with E-state index in [4.69, 9.17) is 0 Å². The number of rotatable bonds is 8. The van der Waals surface area contributed by atoms with Gasteiger partial charge in [-0.15, -0.1) is 10.2 Å². The van der Waals surface area contributed by atoms with E-state index < -0.39 is 10.0 Å². The van der Waals surface area contributed by atoms with Crippen molar-refractivity contribution >= 4 is 21.6 Å². The van der Waals surface area contributed by atoms with E-state index in [0.29, 0.717) is 30.5 Å². The summed E-state index contributed by atoms with van der Waals surface area (Å²) in [4.78, 5) is 4.82. The molecule has 3 aromatic rings. The molecular formula is C20H27N7O2S. The highest BCUT2D eigenvalue weighted by atomic mass is 32.2. The number of nitrogens with zero attached hydrogens (tertiary/aromatic N) is 4. The van der Waals surface area contributed by atoms with Gasteiger partial charge in [-0.3, -0.25) is 4.40 Å². The van der Waals surface area contributed by atoms with Crippen LogP contribution in [0.4, 0.5) is 0 Å². The van der Waals surface area contributed by atoms with E-state index in [0.717, 1.165) is 22.6 Å². The normalized spacial score (nSPS) is 12.3. The Morgan fingerprint density at radius 3 is 2.73 bits per heavy atom. The van der Waals surface area contributed by atoms with Crippen molar-refractivity contribution in [2.75, 3.05) is 19.6 Å². The summed E-state index contributed by atoms with van der Waals surface area (Å²) in [5, 5.41) is 14.6. The number of nitrogens with one attached hydrogen (secondary N) is 3. The first-order chi connectivity index (χ1) is 14.4. The molecule has 0 spiro atoms. The molecule has 2 heterocycles. The Labute approximate surface area is 176 Å². The van der Waals surface area contributed by atoms with Crippen LogP contribution in [0.15, 0.2) is 52.5 Å². The third-order valence-corrected chi connectivity index (χ3v) is 6.05. The van der Waals surface area contributed by atoms with Crippen molar-refractivity contribution in [3.8, 4) is 0 Å². The quantitative estimate of drug-likeness (QED) is 0.283. The number of sulfonamides is 1. The van der Waals surface area contributed by atoms with E-state index in [1.54, 1.807) is 13.0 Å². The molecule has 0 atom stereocenters. The van der Waals surface area contributed by atoms with Gasteiger partial charge in [0.15, 0.2) is 17.4 Å². The van der Waals surface area contributed by atoms with Crippen molar-refractivity contribution in [3.63, 3.8) is 0 Å². The molecule has 0 aliphatic rings. The van der Waals surface area contributed by atoms with Crippen molar-refractivity contribution in [3.05, 3.63) is 59.5 Å². The highest BCUT2D eigenvalue weighted by molar-refractivity contribution is 7.89. The van der Waals surface area contributed by atoms with Gasteiger partial charge in [0, 0.05) is 25.8 Å². The highest BCUT2D eigenvalue weighted by Crippen LogP contribution is 2.16. The maximum absolute atomic E-state index is 12.6. The summed E-state index contributed by atoms with van der Waals surface area (Å²) in [5.74, 6) is 1.30. The first kappa shape index (κ1) is 21.7. The minimum absolute atomic E-state index is 0.230. The van der Waals surface area contributed by atoms with Crippen LogP contribution in [-0.4, -0.2) is 48.6 Å². The SMILES string of the molecule is CCNC(=NCc1nnc2ccccn12)NCCNS(=O)(=O)c1cc(C)ccc1C. The van der Waals surface area contributed by atoms with Crippen LogP contribution >= 0.6 is 0 Å². The molecule has 0 aliphatic carbocycles. The summed E-state index contributed by atoms with van der Waals surface area (Å²) in [6, 6.07) is 11.1. The second-order valence-corrected chi connectivity index (χ2v) is 8.57. The van der Waals surface area contributed by atoms with E-state index >= 15 is 0 Å². The van der Waals surface area contributed by atoms with Crippen molar-refractivity contribution in [2.45, 2.75) is 32.2 Å². The molecule has 3 rings (SSSR count). The molecule has 0 saturated heterocycles. The van der Waals surface area contributed by atoms with Crippen molar-refractivity contribution in [2.24, 2.45) is 4.99 Å². The van der Waals surface area contributed by atoms with Gasteiger partial charge in [0.05, 0.1) is 4.90 Å². The minimum Gasteiger partial charge on any atom is -0.357 e. The van der Waals surface area contributed by atoms with Gasteiger partial charge < -0.3 is 10.6 Å². The molecule has 160 valence electrons. The molecule has 2 aromatic heterocycles. The van der Waals surface area contributed by atoms with Crippen molar-refractivity contribution < 1.29 is 8.42 Å². The third-order valence-electron chi connectivity index (χ3n) is 4.45. The summed E-state index contributed by atoms with van der Waals surface area (Å²) < 4.78 is 29.7. The van der Waals surface area contributed by atoms with Gasteiger partial charge in [0.25, 0.3) is 0 Å². The molecule has 0 unspecified atom stereocenters. The summed E-state index contributed by atoms with van der Waals surface area (Å²) in [7, 11) is -3.57. The molecule has 0 amide bonds. The highest BCUT2D eigenvalue weighted by Gasteiger charge is 2.16. The number of hydrogen-bond acceptors (Lipinski definition) is 5. The average molecular weight is 430 g/mol. The first-order valence-electron chi connectivity index (χ1n) is 9.78. The number of guanidine groups is 1. The number of aliphatic imine (C=N–C) groups is 1. The van der Waals surface area contributed by atoms with Crippen LogP contribution in [0.25, 0.3) is 5.65 Å². The van der Waals surface area contributed by atoms with Crippen LogP contribution in [0.1, 0.15) is 23.9 Å². The van der Waals surface area contributed by atoms with Crippen molar-refractivity contribution in [1.29, 1.82) is 0 Å². The summed E-state index contributed by atoms with van der Waals surface area (Å²) in [6.45, 7) is 7.26. The van der Waals surface area contributed by atoms with Crippen LogP contribution in [0.3, 0.4) is 0 Å². The van der Waals surface area contributed by atoms with E-state index in [-0.39, 0.29) is 6.54 Å². The Hall–Kier alpha value is -2.98. The molecule has 30 heavy (non-hydrogen) atoms. The Balaban J connectivity index is 1.58. The van der Waals surface area contributed by atoms with Crippen LogP contribution in [0, 0.1) is 13.8 Å². The van der Waals surface area contributed by atoms with Gasteiger partial charge in [-0.1, -0.05) is 18.2 Å². The van der Waals surface area contributed by atoms with Gasteiger partial charge in [0.1, 0.15) is 6.54 Å². The van der Waals surface area contributed by atoms with Gasteiger partial charge in [-0.2, -0.15) is 0 Å². The van der Waals surface area contributed by atoms with Gasteiger partial charge in [-0.05, 0) is 50.1 Å². The number of pyridine rings is 1. The predicted molar refractivity (Wildman–Crippen MR) is 117 cm³/mol. The molecule has 1 aromatic carbocycles. The molecular weight excluding hydrogens is 402 g/mol. The fourth-order valence-corrected chi connectivity index (χ4v) is 4.29. The molecule has 0 radical (unpaired) electrons. The van der Waals surface area contributed by atoms with Crippen LogP contribution < -0.4 is 15.4 Å². The lowest BCUT2D eigenvalue weighted by Gasteiger charge is -2.13. The van der Waals surface area contributed by atoms with E-state index in [1.807, 2.05) is 54.8 Å². The van der Waals surface area contributed by atoms with Crippen LogP contribution in [0.5, 0.6) is 0 Å². The number of aromatic nitrogens is 3. The van der Waals surface area contributed by atoms with Crippen molar-refractivity contribution in [1.82, 2.24) is 30.0 Å². The van der Waals surface area contributed by atoms with Crippen LogP contribution in [0.2, 0.25) is 0 Å². The zero-order valence-corrected chi connectivity index (χ0v) is 18.2. The Kier molecular flexibility index (Phi) is 7.01. The third kappa shape index (κ3) is 5.33. The fourth-order valence-electron chi connectivity index (χ4n) is 2.93. The number of hydrogen-bond donors (Lipinski definition) is 3. The number of fused-ring (bicyclic) bond motifs is 1. The molecule has 0 aliphatic heterocycles. The minimum atomic E-state index is -3.57. The molecule has 0 saturated carbocycles. The first-order valence-corrected chi connectivity index (χ1v) is 11.3. The van der Waals surface area contributed by atoms with Gasteiger partial charge >= 0.3 is 0 Å². The maximum Gasteiger partial charge on any atom is 0.240 e. The lowest BCUT2D eigenvalue weighted by Crippen LogP contribution is -2.41. The number of aryl methyl sites for hydroxylation is 2. The Morgan fingerprint density at radius 1 is 1.10 bits per heavy atom. The van der Waals surface area contributed by atoms with Crippen LogP contribution in [-0.2, 0) is 16.6 Å². The fraction of sp³-hybridized carbons (Fsp3) is 0.350. The summed E-state index contributed by atoms with van der Waals surface area (Å²) in [5.41, 5.74) is 2.39. The Morgan fingerprint density at radius 2 is 1.93 bits per heavy atom. The molecule has 9 nitrogen and oxygen atoms in total. The van der Waals surface area contributed by atoms with Gasteiger partial charge in [0.2, 0.25) is 10.0 Å². The maximum atomic E-state index is 12.6. The zero-order valence-electron chi connectivity index (χ0n) is 17.4. The predicted octanol–water partition coefficient (Wildman–Crippen LogP) is 1.38. The molecule has 10 heteroatoms. The number of benzene rings is 1. The lowest BCUT2D eigenvalue weighted by atomic mass is 10.2. The standard InChI is InChI=1S/C20H27N7O2S/c1-4-21-20(23-14-19-26-25-18-7-5-6-12-27(18)19)22-10-11-24-30(28,29)17-13-15(2)8-9-16(17)3/h5-9,12-13,24H,4,10-11,14H2,1-3H3,(H2,21,22,23). The zero-order chi connectivity index (χ0) is 21.6. The summed E-state index contributed by atoms with van der Waals surface area (Å²) >= 11 is 0. The van der Waals surface area contributed by atoms with Gasteiger partial charge in [-0.25, -0.2) is 18.1 Å². The second kappa shape index (κ2) is 9.68. The smallest absolute Gasteiger partial charge is 0.240 e. The summed E-state index contributed by atoms with van der Waals surface area (Å²) in [6.07, 6.45) is 1.89. The van der Waals surface area contributed by atoms with E-state index in [1.165, 1.54) is 0 Å².